The average Bonchev–Trinajstić information content (AvgIpc) is 2.90. The molecule has 0 amide bonds. The lowest BCUT2D eigenvalue weighted by Gasteiger charge is -2.02. The molecule has 2 rings (SSSR count). The van der Waals surface area contributed by atoms with Gasteiger partial charge < -0.3 is 0 Å². The molecule has 21 heavy (non-hydrogen) atoms. The largest absolute Gasteiger partial charge is 0.260 e. The van der Waals surface area contributed by atoms with E-state index in [1.165, 1.54) is 12.1 Å². The minimum absolute atomic E-state index is 0.213. The van der Waals surface area contributed by atoms with Crippen LogP contribution in [0.4, 0.5) is 10.1 Å². The Balaban J connectivity index is 2.41. The Morgan fingerprint density at radius 1 is 1.29 bits per heavy atom. The maximum absolute atomic E-state index is 13.0. The van der Waals surface area contributed by atoms with Gasteiger partial charge in [-0.15, -0.1) is 11.3 Å². The number of thiophene rings is 1. The zero-order valence-corrected chi connectivity index (χ0v) is 13.3. The number of aliphatic imine (C=N–C) groups is 1. The van der Waals surface area contributed by atoms with Crippen molar-refractivity contribution in [2.75, 3.05) is 0 Å². The van der Waals surface area contributed by atoms with Crippen LogP contribution in [0.2, 0.25) is 0 Å². The summed E-state index contributed by atoms with van der Waals surface area (Å²) < 4.78 is 13.0. The van der Waals surface area contributed by atoms with Crippen molar-refractivity contribution in [2.45, 2.75) is 33.1 Å². The van der Waals surface area contributed by atoms with E-state index in [4.69, 9.17) is 0 Å². The van der Waals surface area contributed by atoms with E-state index in [0.717, 1.165) is 45.8 Å². The van der Waals surface area contributed by atoms with Crippen molar-refractivity contribution in [3.05, 3.63) is 47.6 Å². The molecular formula is C18H20FNS. The predicted octanol–water partition coefficient (Wildman–Crippen LogP) is 6.48. The van der Waals surface area contributed by atoms with Crippen LogP contribution in [0.25, 0.3) is 16.0 Å². The normalized spacial score (nSPS) is 11.2. The van der Waals surface area contributed by atoms with Crippen molar-refractivity contribution in [1.29, 1.82) is 0 Å². The molecule has 0 saturated heterocycles. The Labute approximate surface area is 129 Å². The molecule has 0 atom stereocenters. The number of hydrogen-bond donors (Lipinski definition) is 0. The molecule has 1 aromatic heterocycles. The van der Waals surface area contributed by atoms with Crippen LogP contribution in [0.15, 0.2) is 41.9 Å². The first-order valence-electron chi connectivity index (χ1n) is 7.26. The Morgan fingerprint density at radius 3 is 2.62 bits per heavy atom. The van der Waals surface area contributed by atoms with E-state index in [-0.39, 0.29) is 5.82 Å². The van der Waals surface area contributed by atoms with Crippen LogP contribution in [-0.4, -0.2) is 6.21 Å². The first kappa shape index (κ1) is 15.6. The number of benzene rings is 1. The fraction of sp³-hybridized carbons (Fsp3) is 0.278. The Kier molecular flexibility index (Phi) is 5.45. The van der Waals surface area contributed by atoms with Crippen LogP contribution < -0.4 is 0 Å². The van der Waals surface area contributed by atoms with Gasteiger partial charge in [0.05, 0.1) is 10.6 Å². The van der Waals surface area contributed by atoms with E-state index in [1.807, 2.05) is 6.21 Å². The minimum atomic E-state index is -0.213. The maximum Gasteiger partial charge on any atom is 0.123 e. The fourth-order valence-corrected chi connectivity index (χ4v) is 3.20. The average molecular weight is 301 g/mol. The first-order valence-corrected chi connectivity index (χ1v) is 8.07. The maximum atomic E-state index is 13.0. The lowest BCUT2D eigenvalue weighted by Crippen LogP contribution is -1.78. The van der Waals surface area contributed by atoms with Gasteiger partial charge in [-0.05, 0) is 42.2 Å². The highest BCUT2D eigenvalue weighted by molar-refractivity contribution is 7.17. The topological polar surface area (TPSA) is 12.4 Å². The molecule has 0 saturated carbocycles. The van der Waals surface area contributed by atoms with Crippen molar-refractivity contribution in [2.24, 2.45) is 4.99 Å². The predicted molar refractivity (Wildman–Crippen MR) is 92.1 cm³/mol. The van der Waals surface area contributed by atoms with Gasteiger partial charge in [-0.25, -0.2) is 4.39 Å². The smallest absolute Gasteiger partial charge is 0.123 e. The first-order chi connectivity index (χ1) is 10.2. The molecule has 1 aromatic carbocycles. The molecule has 0 bridgehead atoms. The summed E-state index contributed by atoms with van der Waals surface area (Å²) in [4.78, 5) is 6.78. The van der Waals surface area contributed by atoms with Gasteiger partial charge in [-0.1, -0.05) is 39.0 Å². The van der Waals surface area contributed by atoms with E-state index in [1.54, 1.807) is 23.5 Å². The zero-order chi connectivity index (χ0) is 15.2. The van der Waals surface area contributed by atoms with Crippen molar-refractivity contribution >= 4 is 28.8 Å². The fourth-order valence-electron chi connectivity index (χ4n) is 2.09. The van der Waals surface area contributed by atoms with E-state index in [9.17, 15) is 4.39 Å². The third-order valence-corrected chi connectivity index (χ3v) is 4.40. The molecule has 1 nitrogen and oxygen atoms in total. The highest BCUT2D eigenvalue weighted by atomic mass is 32.1. The van der Waals surface area contributed by atoms with Crippen LogP contribution in [0.3, 0.4) is 0 Å². The van der Waals surface area contributed by atoms with Crippen molar-refractivity contribution in [1.82, 2.24) is 0 Å². The summed E-state index contributed by atoms with van der Waals surface area (Å²) in [6.45, 7) is 8.40. The second-order valence-corrected chi connectivity index (χ2v) is 5.96. The molecule has 110 valence electrons. The Morgan fingerprint density at radius 2 is 2.00 bits per heavy atom. The summed E-state index contributed by atoms with van der Waals surface area (Å²) >= 11 is 1.68. The molecule has 0 aliphatic heterocycles. The summed E-state index contributed by atoms with van der Waals surface area (Å²) in [7, 11) is 0. The minimum Gasteiger partial charge on any atom is -0.260 e. The second-order valence-electron chi connectivity index (χ2n) is 4.91. The molecule has 0 radical (unpaired) electrons. The summed E-state index contributed by atoms with van der Waals surface area (Å²) in [6, 6.07) is 8.66. The lowest BCUT2D eigenvalue weighted by atomic mass is 10.1. The summed E-state index contributed by atoms with van der Waals surface area (Å²) in [5.41, 5.74) is 3.11. The molecule has 0 spiro atoms. The quantitative estimate of drug-likeness (QED) is 0.541. The molecule has 1 heterocycles. The SMILES string of the molecule is C=C(CCC)c1sc(-c2ccc(F)cc2)cc1/N=C\CC. The van der Waals surface area contributed by atoms with Crippen LogP contribution in [0.5, 0.6) is 0 Å². The second kappa shape index (κ2) is 7.32. The number of rotatable bonds is 6. The van der Waals surface area contributed by atoms with Gasteiger partial charge in [0.15, 0.2) is 0 Å². The molecule has 0 unspecified atom stereocenters. The summed E-state index contributed by atoms with van der Waals surface area (Å²) in [5.74, 6) is -0.213. The monoisotopic (exact) mass is 301 g/mol. The van der Waals surface area contributed by atoms with Gasteiger partial charge in [0.2, 0.25) is 0 Å². The van der Waals surface area contributed by atoms with Gasteiger partial charge in [-0.2, -0.15) is 0 Å². The van der Waals surface area contributed by atoms with Gasteiger partial charge >= 0.3 is 0 Å². The van der Waals surface area contributed by atoms with E-state index >= 15 is 0 Å². The number of halogens is 1. The van der Waals surface area contributed by atoms with Crippen molar-refractivity contribution < 1.29 is 4.39 Å². The molecule has 2 aromatic rings. The highest BCUT2D eigenvalue weighted by Crippen LogP contribution is 2.41. The molecule has 0 aliphatic carbocycles. The standard InChI is InChI=1S/C18H20FNS/c1-4-6-13(3)18-16(20-11-5-2)12-17(21-18)14-7-9-15(19)10-8-14/h7-12H,3-6H2,1-2H3/b20-11-. The molecule has 0 fully saturated rings. The zero-order valence-electron chi connectivity index (χ0n) is 12.5. The highest BCUT2D eigenvalue weighted by Gasteiger charge is 2.12. The number of allylic oxidation sites excluding steroid dienone is 1. The Bertz CT molecular complexity index is 638. The van der Waals surface area contributed by atoms with Gasteiger partial charge in [0.1, 0.15) is 5.82 Å². The summed E-state index contributed by atoms with van der Waals surface area (Å²) in [5, 5.41) is 0. The third-order valence-electron chi connectivity index (χ3n) is 3.13. The van der Waals surface area contributed by atoms with Gasteiger partial charge in [-0.3, -0.25) is 4.99 Å². The van der Waals surface area contributed by atoms with Crippen molar-refractivity contribution in [3.8, 4) is 10.4 Å². The van der Waals surface area contributed by atoms with Crippen LogP contribution in [-0.2, 0) is 0 Å². The number of hydrogen-bond acceptors (Lipinski definition) is 2. The molecule has 0 N–H and O–H groups in total. The van der Waals surface area contributed by atoms with Crippen LogP contribution in [0, 0.1) is 5.82 Å². The Hall–Kier alpha value is -1.74. The van der Waals surface area contributed by atoms with Gasteiger partial charge in [0.25, 0.3) is 0 Å². The van der Waals surface area contributed by atoms with E-state index in [0.29, 0.717) is 0 Å². The number of nitrogens with zero attached hydrogens (tertiary/aromatic N) is 1. The van der Waals surface area contributed by atoms with E-state index < -0.39 is 0 Å². The lowest BCUT2D eigenvalue weighted by molar-refractivity contribution is 0.628. The molecule has 0 aliphatic rings. The molecule has 3 heteroatoms. The van der Waals surface area contributed by atoms with Crippen molar-refractivity contribution in [3.63, 3.8) is 0 Å². The van der Waals surface area contributed by atoms with Gasteiger partial charge in [0, 0.05) is 11.1 Å². The third kappa shape index (κ3) is 3.88. The summed E-state index contributed by atoms with van der Waals surface area (Å²) in [6.07, 6.45) is 4.86. The van der Waals surface area contributed by atoms with Crippen LogP contribution >= 0.6 is 11.3 Å². The van der Waals surface area contributed by atoms with Crippen LogP contribution in [0.1, 0.15) is 38.0 Å². The molecular weight excluding hydrogens is 281 g/mol. The van der Waals surface area contributed by atoms with E-state index in [2.05, 4.69) is 31.5 Å².